The normalized spacial score (nSPS) is 12.6. The van der Waals surface area contributed by atoms with E-state index in [0.29, 0.717) is 29.7 Å². The molecule has 0 saturated heterocycles. The van der Waals surface area contributed by atoms with Crippen molar-refractivity contribution < 1.29 is 23.9 Å². The second-order valence-electron chi connectivity index (χ2n) is 7.06. The van der Waals surface area contributed by atoms with Gasteiger partial charge in [0.1, 0.15) is 6.54 Å². The number of hydrogen-bond donors (Lipinski definition) is 2. The number of ketones is 1. The maximum atomic E-state index is 12.3. The fourth-order valence-electron chi connectivity index (χ4n) is 3.20. The molecule has 2 aromatic carbocycles. The van der Waals surface area contributed by atoms with Crippen molar-refractivity contribution in [2.24, 2.45) is 0 Å². The largest absolute Gasteiger partial charge is 0.456 e. The van der Waals surface area contributed by atoms with Crippen molar-refractivity contribution in [3.63, 3.8) is 0 Å². The minimum Gasteiger partial charge on any atom is -0.456 e. The highest BCUT2D eigenvalue weighted by atomic mass is 16.5. The van der Waals surface area contributed by atoms with Gasteiger partial charge in [0.05, 0.1) is 0 Å². The molecule has 7 nitrogen and oxygen atoms in total. The molecule has 3 rings (SSSR count). The lowest BCUT2D eigenvalue weighted by Gasteiger charge is -2.17. The van der Waals surface area contributed by atoms with E-state index in [1.54, 1.807) is 30.3 Å². The van der Waals surface area contributed by atoms with Crippen LogP contribution in [0.1, 0.15) is 43.8 Å². The number of carbonyl (C=O) groups is 4. The van der Waals surface area contributed by atoms with Crippen molar-refractivity contribution in [2.45, 2.75) is 26.7 Å². The molecule has 2 N–H and O–H groups in total. The van der Waals surface area contributed by atoms with E-state index in [9.17, 15) is 19.2 Å². The van der Waals surface area contributed by atoms with Crippen LogP contribution in [-0.4, -0.2) is 36.7 Å². The summed E-state index contributed by atoms with van der Waals surface area (Å²) in [4.78, 5) is 47.7. The molecule has 0 fully saturated rings. The minimum absolute atomic E-state index is 0.0478. The summed E-state index contributed by atoms with van der Waals surface area (Å²) in [5.74, 6) is -1.47. The van der Waals surface area contributed by atoms with Gasteiger partial charge in [0.15, 0.2) is 12.4 Å². The summed E-state index contributed by atoms with van der Waals surface area (Å²) in [5, 5.41) is 5.24. The first kappa shape index (κ1) is 20.3. The smallest absolute Gasteiger partial charge is 0.325 e. The molecule has 0 spiro atoms. The first-order valence-electron chi connectivity index (χ1n) is 9.30. The number of carbonyl (C=O) groups excluding carboxylic acids is 4. The third-order valence-corrected chi connectivity index (χ3v) is 4.56. The van der Waals surface area contributed by atoms with Crippen LogP contribution < -0.4 is 10.6 Å². The van der Waals surface area contributed by atoms with Gasteiger partial charge in [0.2, 0.25) is 5.91 Å². The second-order valence-corrected chi connectivity index (χ2v) is 7.06. The van der Waals surface area contributed by atoms with Crippen LogP contribution >= 0.6 is 0 Å². The number of nitrogens with one attached hydrogen (secondary N) is 2. The van der Waals surface area contributed by atoms with Crippen LogP contribution in [0.25, 0.3) is 0 Å². The number of fused-ring (bicyclic) bond motifs is 1. The van der Waals surface area contributed by atoms with E-state index < -0.39 is 12.6 Å². The van der Waals surface area contributed by atoms with Crippen LogP contribution in [0.15, 0.2) is 36.4 Å². The standard InChI is InChI=1S/C22H22N2O5/c1-13-7-14(2)9-17(8-13)22(28)23-11-21(27)29-12-19(25)16-3-5-18-15(10-16)4-6-20(26)24-18/h3,5,7-10H,4,6,11-12H2,1-2H3,(H,23,28)(H,24,26). The maximum absolute atomic E-state index is 12.3. The van der Waals surface area contributed by atoms with Crippen LogP contribution in [0.5, 0.6) is 0 Å². The van der Waals surface area contributed by atoms with Crippen molar-refractivity contribution in [1.29, 1.82) is 0 Å². The Morgan fingerprint density at radius 1 is 1.00 bits per heavy atom. The molecular weight excluding hydrogens is 372 g/mol. The lowest BCUT2D eigenvalue weighted by Crippen LogP contribution is -2.31. The number of aryl methyl sites for hydroxylation is 3. The van der Waals surface area contributed by atoms with E-state index in [-0.39, 0.29) is 24.1 Å². The number of ether oxygens (including phenoxy) is 1. The fraction of sp³-hybridized carbons (Fsp3) is 0.273. The summed E-state index contributed by atoms with van der Waals surface area (Å²) >= 11 is 0. The minimum atomic E-state index is -0.693. The van der Waals surface area contributed by atoms with Crippen molar-refractivity contribution in [3.05, 3.63) is 64.2 Å². The first-order valence-corrected chi connectivity index (χ1v) is 9.30. The van der Waals surface area contributed by atoms with Crippen LogP contribution in [0, 0.1) is 13.8 Å². The van der Waals surface area contributed by atoms with Gasteiger partial charge in [0.25, 0.3) is 5.91 Å². The van der Waals surface area contributed by atoms with E-state index in [0.717, 1.165) is 16.7 Å². The Hall–Kier alpha value is -3.48. The molecule has 2 aromatic rings. The Morgan fingerprint density at radius 2 is 1.72 bits per heavy atom. The highest BCUT2D eigenvalue weighted by Crippen LogP contribution is 2.23. The molecule has 0 atom stereocenters. The predicted octanol–water partition coefficient (Wildman–Crippen LogP) is 2.34. The van der Waals surface area contributed by atoms with Crippen LogP contribution in [0.3, 0.4) is 0 Å². The molecule has 0 bridgehead atoms. The monoisotopic (exact) mass is 394 g/mol. The van der Waals surface area contributed by atoms with Gasteiger partial charge < -0.3 is 15.4 Å². The predicted molar refractivity (Wildman–Crippen MR) is 107 cm³/mol. The maximum Gasteiger partial charge on any atom is 0.325 e. The number of rotatable bonds is 6. The first-order chi connectivity index (χ1) is 13.8. The SMILES string of the molecule is Cc1cc(C)cc(C(=O)NCC(=O)OCC(=O)c2ccc3c(c2)CCC(=O)N3)c1. The van der Waals surface area contributed by atoms with Gasteiger partial charge in [-0.2, -0.15) is 0 Å². The van der Waals surface area contributed by atoms with Crippen molar-refractivity contribution in [2.75, 3.05) is 18.5 Å². The zero-order valence-corrected chi connectivity index (χ0v) is 16.3. The molecule has 2 amide bonds. The molecule has 0 saturated carbocycles. The highest BCUT2D eigenvalue weighted by molar-refractivity contribution is 6.00. The number of amides is 2. The molecule has 0 aliphatic carbocycles. The van der Waals surface area contributed by atoms with Crippen LogP contribution in [0.2, 0.25) is 0 Å². The number of Topliss-reactive ketones (excluding diaryl/α,β-unsaturated/α-hetero) is 1. The Labute approximate surface area is 168 Å². The third-order valence-electron chi connectivity index (χ3n) is 4.56. The lowest BCUT2D eigenvalue weighted by molar-refractivity contribution is -0.141. The Bertz CT molecular complexity index is 976. The highest BCUT2D eigenvalue weighted by Gasteiger charge is 2.18. The van der Waals surface area contributed by atoms with Gasteiger partial charge >= 0.3 is 5.97 Å². The van der Waals surface area contributed by atoms with E-state index in [2.05, 4.69) is 10.6 Å². The van der Waals surface area contributed by atoms with Crippen molar-refractivity contribution in [1.82, 2.24) is 5.32 Å². The van der Waals surface area contributed by atoms with Gasteiger partial charge in [-0.15, -0.1) is 0 Å². The molecule has 1 heterocycles. The Balaban J connectivity index is 1.49. The lowest BCUT2D eigenvalue weighted by atomic mass is 9.99. The molecule has 0 aromatic heterocycles. The average Bonchev–Trinajstić information content (AvgIpc) is 2.69. The second kappa shape index (κ2) is 8.68. The summed E-state index contributed by atoms with van der Waals surface area (Å²) < 4.78 is 4.98. The molecule has 0 radical (unpaired) electrons. The average molecular weight is 394 g/mol. The van der Waals surface area contributed by atoms with Gasteiger partial charge in [-0.3, -0.25) is 19.2 Å². The topological polar surface area (TPSA) is 102 Å². The van der Waals surface area contributed by atoms with Crippen molar-refractivity contribution in [3.8, 4) is 0 Å². The fourth-order valence-corrected chi connectivity index (χ4v) is 3.20. The summed E-state index contributed by atoms with van der Waals surface area (Å²) in [6, 6.07) is 10.4. The summed E-state index contributed by atoms with van der Waals surface area (Å²) in [5.41, 5.74) is 4.35. The molecular formula is C22H22N2O5. The van der Waals surface area contributed by atoms with E-state index in [1.165, 1.54) is 0 Å². The molecule has 1 aliphatic heterocycles. The summed E-state index contributed by atoms with van der Waals surface area (Å²) in [6.07, 6.45) is 0.937. The van der Waals surface area contributed by atoms with Gasteiger partial charge in [-0.05, 0) is 56.2 Å². The van der Waals surface area contributed by atoms with Crippen LogP contribution in [-0.2, 0) is 20.7 Å². The number of esters is 1. The van der Waals surface area contributed by atoms with Gasteiger partial charge in [-0.25, -0.2) is 0 Å². The van der Waals surface area contributed by atoms with Crippen LogP contribution in [0.4, 0.5) is 5.69 Å². The zero-order chi connectivity index (χ0) is 21.0. The molecule has 150 valence electrons. The molecule has 0 unspecified atom stereocenters. The molecule has 7 heteroatoms. The summed E-state index contributed by atoms with van der Waals surface area (Å²) in [6.45, 7) is 3.04. The van der Waals surface area contributed by atoms with E-state index in [1.807, 2.05) is 19.9 Å². The number of anilines is 1. The summed E-state index contributed by atoms with van der Waals surface area (Å²) in [7, 11) is 0. The van der Waals surface area contributed by atoms with E-state index in [4.69, 9.17) is 4.74 Å². The zero-order valence-electron chi connectivity index (χ0n) is 16.3. The van der Waals surface area contributed by atoms with Crippen molar-refractivity contribution >= 4 is 29.3 Å². The number of benzene rings is 2. The third kappa shape index (κ3) is 5.28. The van der Waals surface area contributed by atoms with E-state index >= 15 is 0 Å². The van der Waals surface area contributed by atoms with Gasteiger partial charge in [0, 0.05) is 23.2 Å². The number of hydrogen-bond acceptors (Lipinski definition) is 5. The Kier molecular flexibility index (Phi) is 6.07. The Morgan fingerprint density at radius 3 is 2.45 bits per heavy atom. The van der Waals surface area contributed by atoms with Gasteiger partial charge in [-0.1, -0.05) is 17.2 Å². The quantitative estimate of drug-likeness (QED) is 0.578. The molecule has 1 aliphatic rings. The molecule has 29 heavy (non-hydrogen) atoms.